The van der Waals surface area contributed by atoms with Crippen LogP contribution < -0.4 is 5.73 Å². The van der Waals surface area contributed by atoms with Gasteiger partial charge in [0.1, 0.15) is 17.8 Å². The van der Waals surface area contributed by atoms with Crippen molar-refractivity contribution in [3.05, 3.63) is 48.9 Å². The van der Waals surface area contributed by atoms with Crippen molar-refractivity contribution >= 4 is 28.7 Å². The topological polar surface area (TPSA) is 103 Å². The molecule has 0 spiro atoms. The summed E-state index contributed by atoms with van der Waals surface area (Å²) in [4.78, 5) is 15.9. The summed E-state index contributed by atoms with van der Waals surface area (Å²) in [6.45, 7) is 10.6. The Morgan fingerprint density at radius 3 is 2.86 bits per heavy atom. The molecule has 0 bridgehead atoms. The van der Waals surface area contributed by atoms with Crippen LogP contribution >= 0.6 is 11.3 Å². The zero-order chi connectivity index (χ0) is 20.5. The fourth-order valence-corrected chi connectivity index (χ4v) is 4.23. The maximum Gasteiger partial charge on any atom is 0.175 e. The van der Waals surface area contributed by atoms with Crippen molar-refractivity contribution in [3.8, 4) is 10.8 Å². The Morgan fingerprint density at radius 2 is 2.21 bits per heavy atom. The number of nitrogens with two attached hydrogens (primary N) is 1. The number of nitrogens with zero attached hydrogens (tertiary/aromatic N) is 8. The lowest BCUT2D eigenvalue weighted by Crippen LogP contribution is -2.46. The van der Waals surface area contributed by atoms with Crippen LogP contribution in [0.4, 0.5) is 0 Å². The summed E-state index contributed by atoms with van der Waals surface area (Å²) >= 11 is 1.52. The van der Waals surface area contributed by atoms with Crippen molar-refractivity contribution in [1.29, 1.82) is 0 Å². The van der Waals surface area contributed by atoms with Crippen LogP contribution in [-0.2, 0) is 0 Å². The predicted octanol–water partition coefficient (Wildman–Crippen LogP) is 3.06. The number of aliphatic imine (C=N–C) groups is 1. The molecular formula is C19H23N9S. The first-order valence-electron chi connectivity index (χ1n) is 9.38. The molecule has 4 heterocycles. The van der Waals surface area contributed by atoms with E-state index in [2.05, 4.69) is 52.4 Å². The molecule has 0 saturated heterocycles. The normalized spacial score (nSPS) is 19.3. The van der Waals surface area contributed by atoms with E-state index in [0.717, 1.165) is 28.8 Å². The Hall–Kier alpha value is -3.27. The molecule has 1 aliphatic rings. The summed E-state index contributed by atoms with van der Waals surface area (Å²) in [5.41, 5.74) is 6.74. The smallest absolute Gasteiger partial charge is 0.175 e. The monoisotopic (exact) mass is 409 g/mol. The average Bonchev–Trinajstić information content (AvgIpc) is 3.46. The van der Waals surface area contributed by atoms with Gasteiger partial charge in [0.2, 0.25) is 0 Å². The maximum atomic E-state index is 6.02. The highest BCUT2D eigenvalue weighted by molar-refractivity contribution is 7.13. The van der Waals surface area contributed by atoms with E-state index in [0.29, 0.717) is 11.6 Å². The van der Waals surface area contributed by atoms with Gasteiger partial charge in [-0.15, -0.1) is 21.5 Å². The first-order valence-corrected chi connectivity index (χ1v) is 10.3. The summed E-state index contributed by atoms with van der Waals surface area (Å²) in [5, 5.41) is 11.1. The number of aromatic nitrogens is 6. The van der Waals surface area contributed by atoms with Gasteiger partial charge in [0.15, 0.2) is 22.5 Å². The lowest BCUT2D eigenvalue weighted by molar-refractivity contribution is 0.240. The van der Waals surface area contributed by atoms with Crippen LogP contribution in [0.2, 0.25) is 0 Å². The zero-order valence-electron chi connectivity index (χ0n) is 16.6. The third-order valence-corrected chi connectivity index (χ3v) is 5.59. The van der Waals surface area contributed by atoms with Gasteiger partial charge in [0.25, 0.3) is 0 Å². The Morgan fingerprint density at radius 1 is 1.38 bits per heavy atom. The summed E-state index contributed by atoms with van der Waals surface area (Å²) in [7, 11) is 0. The number of thiazole rings is 1. The van der Waals surface area contributed by atoms with Crippen molar-refractivity contribution in [2.24, 2.45) is 10.7 Å². The van der Waals surface area contributed by atoms with Crippen LogP contribution in [0.3, 0.4) is 0 Å². The van der Waals surface area contributed by atoms with Crippen LogP contribution in [0.25, 0.3) is 22.4 Å². The van der Waals surface area contributed by atoms with Gasteiger partial charge in [-0.25, -0.2) is 15.0 Å². The second-order valence-electron chi connectivity index (χ2n) is 6.85. The Balaban J connectivity index is 1.83. The number of hydrogen-bond donors (Lipinski definition) is 1. The van der Waals surface area contributed by atoms with Crippen molar-refractivity contribution in [3.63, 3.8) is 0 Å². The Bertz CT molecular complexity index is 1070. The molecule has 150 valence electrons. The van der Waals surface area contributed by atoms with E-state index in [1.807, 2.05) is 20.7 Å². The fourth-order valence-electron chi connectivity index (χ4n) is 3.60. The number of amidine groups is 1. The molecule has 3 aromatic heterocycles. The zero-order valence-corrected chi connectivity index (χ0v) is 17.4. The van der Waals surface area contributed by atoms with E-state index in [1.54, 1.807) is 18.7 Å². The third kappa shape index (κ3) is 3.15. The summed E-state index contributed by atoms with van der Waals surface area (Å²) in [5.74, 6) is 2.81. The molecule has 0 unspecified atom stereocenters. The van der Waals surface area contributed by atoms with Crippen LogP contribution in [0.5, 0.6) is 0 Å². The van der Waals surface area contributed by atoms with Gasteiger partial charge in [-0.3, -0.25) is 9.13 Å². The molecule has 9 nitrogen and oxygen atoms in total. The molecule has 2 N–H and O–H groups in total. The minimum atomic E-state index is 0.0361. The minimum absolute atomic E-state index is 0.0361. The molecule has 1 aliphatic heterocycles. The van der Waals surface area contributed by atoms with Gasteiger partial charge < -0.3 is 10.6 Å². The lowest BCUT2D eigenvalue weighted by atomic mass is 10.1. The molecule has 0 saturated carbocycles. The largest absolute Gasteiger partial charge is 0.403 e. The summed E-state index contributed by atoms with van der Waals surface area (Å²) < 4.78 is 3.73. The minimum Gasteiger partial charge on any atom is -0.403 e. The summed E-state index contributed by atoms with van der Waals surface area (Å²) in [6, 6.07) is 0.210. The molecule has 4 rings (SSSR count). The van der Waals surface area contributed by atoms with Gasteiger partial charge in [0, 0.05) is 36.2 Å². The van der Waals surface area contributed by atoms with Crippen molar-refractivity contribution in [2.45, 2.75) is 39.3 Å². The average molecular weight is 410 g/mol. The first kappa shape index (κ1) is 19.1. The molecule has 0 aromatic carbocycles. The molecule has 10 heteroatoms. The summed E-state index contributed by atoms with van der Waals surface area (Å²) in [6.07, 6.45) is 9.37. The van der Waals surface area contributed by atoms with E-state index < -0.39 is 0 Å². The van der Waals surface area contributed by atoms with Crippen LogP contribution in [0.1, 0.15) is 39.1 Å². The van der Waals surface area contributed by atoms with Crippen LogP contribution in [-0.4, -0.2) is 46.1 Å². The SMILES string of the molecule is C=C(N=C1/C(=C\N)n2cnnc2[C@@H](CC)N1C(C)C)n1ccnc1-c1nccs1. The van der Waals surface area contributed by atoms with Crippen molar-refractivity contribution in [2.75, 3.05) is 0 Å². The van der Waals surface area contributed by atoms with Gasteiger partial charge in [-0.2, -0.15) is 0 Å². The van der Waals surface area contributed by atoms with Crippen molar-refractivity contribution in [1.82, 2.24) is 34.2 Å². The standard InChI is InChI=1S/C19H23N9S/c1-5-14-17-25-23-11-27(17)15(10-20)16(28(14)12(2)3)24-13(4)26-8-6-21-18(26)19-22-7-9-29-19/h6-12,14H,4-5,20H2,1-3H3/b15-10+,24-16?/t14-/m1/s1. The molecule has 0 aliphatic carbocycles. The van der Waals surface area contributed by atoms with Crippen molar-refractivity contribution < 1.29 is 0 Å². The van der Waals surface area contributed by atoms with E-state index in [1.165, 1.54) is 17.5 Å². The first-order chi connectivity index (χ1) is 14.1. The molecule has 0 fully saturated rings. The van der Waals surface area contributed by atoms with Gasteiger partial charge in [-0.1, -0.05) is 13.5 Å². The molecule has 0 amide bonds. The Kier molecular flexibility index (Phi) is 5.01. The predicted molar refractivity (Wildman–Crippen MR) is 115 cm³/mol. The second-order valence-corrected chi connectivity index (χ2v) is 7.74. The number of fused-ring (bicyclic) bond motifs is 1. The molecule has 3 aromatic rings. The van der Waals surface area contributed by atoms with Gasteiger partial charge in [-0.05, 0) is 20.3 Å². The number of hydrogen-bond acceptors (Lipinski definition) is 7. The Labute approximate surface area is 172 Å². The van der Waals surface area contributed by atoms with E-state index >= 15 is 0 Å². The number of imidazole rings is 1. The van der Waals surface area contributed by atoms with Gasteiger partial charge >= 0.3 is 0 Å². The highest BCUT2D eigenvalue weighted by Crippen LogP contribution is 2.35. The van der Waals surface area contributed by atoms with E-state index in [9.17, 15) is 0 Å². The second kappa shape index (κ2) is 7.63. The van der Waals surface area contributed by atoms with Gasteiger partial charge in [0.05, 0.1) is 6.04 Å². The number of rotatable bonds is 5. The molecule has 0 radical (unpaired) electrons. The fraction of sp³-hybridized carbons (Fsp3) is 0.316. The molecule has 1 atom stereocenters. The highest BCUT2D eigenvalue weighted by Gasteiger charge is 2.36. The van der Waals surface area contributed by atoms with Crippen LogP contribution in [0.15, 0.2) is 48.1 Å². The maximum absolute atomic E-state index is 6.02. The van der Waals surface area contributed by atoms with Crippen LogP contribution in [0, 0.1) is 0 Å². The third-order valence-electron chi connectivity index (χ3n) is 4.82. The molecular weight excluding hydrogens is 386 g/mol. The molecule has 29 heavy (non-hydrogen) atoms. The quantitative estimate of drug-likeness (QED) is 0.695. The highest BCUT2D eigenvalue weighted by atomic mass is 32.1. The lowest BCUT2D eigenvalue weighted by Gasteiger charge is -2.41. The van der Waals surface area contributed by atoms with E-state index in [4.69, 9.17) is 10.7 Å². The van der Waals surface area contributed by atoms with E-state index in [-0.39, 0.29) is 12.1 Å².